The quantitative estimate of drug-likeness (QED) is 0.805. The van der Waals surface area contributed by atoms with Gasteiger partial charge in [-0.1, -0.05) is 31.1 Å². The van der Waals surface area contributed by atoms with Crippen molar-refractivity contribution in [3.8, 4) is 0 Å². The summed E-state index contributed by atoms with van der Waals surface area (Å²) in [4.78, 5) is 15.2. The molecule has 2 bridgehead atoms. The van der Waals surface area contributed by atoms with Gasteiger partial charge in [0, 0.05) is 35.7 Å². The van der Waals surface area contributed by atoms with E-state index in [1.165, 1.54) is 0 Å². The second kappa shape index (κ2) is 7.01. The van der Waals surface area contributed by atoms with Gasteiger partial charge in [0.05, 0.1) is 17.4 Å². The lowest BCUT2D eigenvalue weighted by atomic mass is 9.92. The molecule has 0 saturated carbocycles. The highest BCUT2D eigenvalue weighted by atomic mass is 16.5. The number of fused-ring (bicyclic) bond motifs is 2. The number of carbonyl (C=O) groups excluding carboxylic acids is 1. The minimum Gasteiger partial charge on any atom is -0.361 e. The summed E-state index contributed by atoms with van der Waals surface area (Å²) >= 11 is 0. The van der Waals surface area contributed by atoms with Crippen LogP contribution in [0.2, 0.25) is 0 Å². The van der Waals surface area contributed by atoms with Gasteiger partial charge in [0.15, 0.2) is 0 Å². The number of hydrogen-bond acceptors (Lipinski definition) is 5. The summed E-state index contributed by atoms with van der Waals surface area (Å²) in [5.74, 6) is 1.09. The smallest absolute Gasteiger partial charge is 0.223 e. The maximum absolute atomic E-state index is 13.0. The average molecular weight is 386 g/mol. The van der Waals surface area contributed by atoms with E-state index in [1.54, 1.807) is 0 Å². The summed E-state index contributed by atoms with van der Waals surface area (Å²) in [5.41, 5.74) is 3.00. The number of nitrogens with zero attached hydrogens (tertiary/aromatic N) is 5. The number of rotatable bonds is 4. The van der Waals surface area contributed by atoms with Crippen molar-refractivity contribution in [2.45, 2.75) is 96.7 Å². The first-order valence-electron chi connectivity index (χ1n) is 10.4. The molecule has 4 rings (SSSR count). The lowest BCUT2D eigenvalue weighted by Gasteiger charge is -2.39. The zero-order valence-electron chi connectivity index (χ0n) is 17.6. The maximum Gasteiger partial charge on any atom is 0.223 e. The van der Waals surface area contributed by atoms with Gasteiger partial charge in [0.2, 0.25) is 5.91 Å². The van der Waals surface area contributed by atoms with Crippen molar-refractivity contribution < 1.29 is 9.32 Å². The minimum absolute atomic E-state index is 0.00605. The highest BCUT2D eigenvalue weighted by Crippen LogP contribution is 2.41. The molecular formula is C21H31N5O2. The van der Waals surface area contributed by atoms with Crippen molar-refractivity contribution in [1.29, 1.82) is 0 Å². The fourth-order valence-corrected chi connectivity index (χ4v) is 4.79. The summed E-state index contributed by atoms with van der Waals surface area (Å²) in [6, 6.07) is 0.985. The average Bonchev–Trinajstić information content (AvgIpc) is 3.31. The molecule has 2 saturated heterocycles. The Kier molecular flexibility index (Phi) is 4.79. The van der Waals surface area contributed by atoms with E-state index in [0.717, 1.165) is 48.4 Å². The highest BCUT2D eigenvalue weighted by molar-refractivity contribution is 5.77. The Morgan fingerprint density at radius 1 is 1.18 bits per heavy atom. The van der Waals surface area contributed by atoms with Crippen LogP contribution in [-0.2, 0) is 16.6 Å². The van der Waals surface area contributed by atoms with Gasteiger partial charge >= 0.3 is 0 Å². The van der Waals surface area contributed by atoms with Gasteiger partial charge in [-0.05, 0) is 46.0 Å². The second-order valence-corrected chi connectivity index (χ2v) is 9.45. The number of carbonyl (C=O) groups is 1. The number of hydrogen-bond donors (Lipinski definition) is 0. The molecule has 0 N–H and O–H groups in total. The molecule has 2 aromatic rings. The summed E-state index contributed by atoms with van der Waals surface area (Å²) in [7, 11) is 0. The lowest BCUT2D eigenvalue weighted by molar-refractivity contribution is -0.136. The Morgan fingerprint density at radius 3 is 2.39 bits per heavy atom. The molecule has 2 atom stereocenters. The third kappa shape index (κ3) is 3.47. The van der Waals surface area contributed by atoms with Crippen molar-refractivity contribution >= 4 is 5.91 Å². The van der Waals surface area contributed by atoms with Crippen LogP contribution in [0.25, 0.3) is 0 Å². The number of aromatic nitrogens is 4. The molecule has 152 valence electrons. The van der Waals surface area contributed by atoms with Crippen LogP contribution in [0.4, 0.5) is 0 Å². The Labute approximate surface area is 166 Å². The molecule has 0 spiro atoms. The monoisotopic (exact) mass is 385 g/mol. The largest absolute Gasteiger partial charge is 0.361 e. The van der Waals surface area contributed by atoms with E-state index in [9.17, 15) is 4.79 Å². The Hall–Kier alpha value is -2.18. The molecule has 7 heteroatoms. The zero-order chi connectivity index (χ0) is 20.1. The van der Waals surface area contributed by atoms with Crippen molar-refractivity contribution in [3.05, 3.63) is 28.9 Å². The van der Waals surface area contributed by atoms with Crippen LogP contribution < -0.4 is 0 Å². The van der Waals surface area contributed by atoms with Crippen LogP contribution >= 0.6 is 0 Å². The van der Waals surface area contributed by atoms with Gasteiger partial charge in [-0.2, -0.15) is 0 Å². The topological polar surface area (TPSA) is 77.0 Å². The summed E-state index contributed by atoms with van der Waals surface area (Å²) in [5, 5.41) is 12.8. The Bertz CT molecular complexity index is 829. The molecule has 2 aliphatic heterocycles. The van der Waals surface area contributed by atoms with Gasteiger partial charge < -0.3 is 9.42 Å². The first-order valence-corrected chi connectivity index (χ1v) is 10.4. The molecule has 2 unspecified atom stereocenters. The molecule has 2 aromatic heterocycles. The van der Waals surface area contributed by atoms with E-state index in [0.29, 0.717) is 31.0 Å². The molecule has 0 aromatic carbocycles. The minimum atomic E-state index is 0.00605. The maximum atomic E-state index is 13.0. The first kappa shape index (κ1) is 19.2. The van der Waals surface area contributed by atoms with Crippen LogP contribution in [-0.4, -0.2) is 43.0 Å². The van der Waals surface area contributed by atoms with Gasteiger partial charge in [-0.3, -0.25) is 4.79 Å². The predicted octanol–water partition coefficient (Wildman–Crippen LogP) is 3.51. The molecular weight excluding hydrogens is 354 g/mol. The van der Waals surface area contributed by atoms with Crippen molar-refractivity contribution in [2.75, 3.05) is 0 Å². The van der Waals surface area contributed by atoms with Gasteiger partial charge in [0.1, 0.15) is 5.76 Å². The summed E-state index contributed by atoms with van der Waals surface area (Å²) in [6.45, 7) is 10.3. The van der Waals surface area contributed by atoms with Crippen LogP contribution in [0.3, 0.4) is 0 Å². The predicted molar refractivity (Wildman–Crippen MR) is 105 cm³/mol. The number of amides is 1. The van der Waals surface area contributed by atoms with Gasteiger partial charge in [-0.25, -0.2) is 4.68 Å². The summed E-state index contributed by atoms with van der Waals surface area (Å²) in [6.07, 6.45) is 7.47. The van der Waals surface area contributed by atoms with Gasteiger partial charge in [0.25, 0.3) is 0 Å². The molecule has 7 nitrogen and oxygen atoms in total. The number of aryl methyl sites for hydroxylation is 2. The fourth-order valence-electron chi connectivity index (χ4n) is 4.79. The first-order chi connectivity index (χ1) is 13.2. The van der Waals surface area contributed by atoms with E-state index in [2.05, 4.69) is 47.3 Å². The van der Waals surface area contributed by atoms with Crippen molar-refractivity contribution in [2.24, 2.45) is 0 Å². The Morgan fingerprint density at radius 2 is 1.86 bits per heavy atom. The molecule has 4 heterocycles. The molecule has 28 heavy (non-hydrogen) atoms. The third-order valence-electron chi connectivity index (χ3n) is 6.42. The van der Waals surface area contributed by atoms with Gasteiger partial charge in [-0.15, -0.1) is 5.10 Å². The number of piperidine rings is 1. The van der Waals surface area contributed by atoms with Crippen LogP contribution in [0.5, 0.6) is 0 Å². The zero-order valence-corrected chi connectivity index (χ0v) is 17.6. The van der Waals surface area contributed by atoms with Crippen molar-refractivity contribution in [3.63, 3.8) is 0 Å². The van der Waals surface area contributed by atoms with Crippen LogP contribution in [0, 0.1) is 13.8 Å². The molecule has 2 fully saturated rings. The van der Waals surface area contributed by atoms with Crippen LogP contribution in [0.15, 0.2) is 10.7 Å². The third-order valence-corrected chi connectivity index (χ3v) is 6.42. The normalized spacial score (nSPS) is 24.8. The molecule has 2 aliphatic rings. The van der Waals surface area contributed by atoms with E-state index in [-0.39, 0.29) is 11.3 Å². The molecule has 0 radical (unpaired) electrons. The molecule has 0 aliphatic carbocycles. The lowest BCUT2D eigenvalue weighted by Crippen LogP contribution is -2.47. The SMILES string of the molecule is Cc1noc(C)c1CCC(=O)N1C2CCC1CC(n1cc(C(C)(C)C)nn1)C2. The summed E-state index contributed by atoms with van der Waals surface area (Å²) < 4.78 is 7.27. The van der Waals surface area contributed by atoms with E-state index >= 15 is 0 Å². The molecule has 1 amide bonds. The standard InChI is InChI=1S/C21H31N5O2/c1-13-18(14(2)28-23-13)8-9-20(27)26-15-6-7-16(26)11-17(10-15)25-12-19(22-24-25)21(3,4)5/h12,15-17H,6-11H2,1-5H3. The van der Waals surface area contributed by atoms with Crippen LogP contribution in [0.1, 0.15) is 81.6 Å². The van der Waals surface area contributed by atoms with E-state index in [4.69, 9.17) is 4.52 Å². The van der Waals surface area contributed by atoms with E-state index in [1.807, 2.05) is 18.5 Å². The Balaban J connectivity index is 1.41. The van der Waals surface area contributed by atoms with Crippen molar-refractivity contribution in [1.82, 2.24) is 25.1 Å². The highest BCUT2D eigenvalue weighted by Gasteiger charge is 2.43. The second-order valence-electron chi connectivity index (χ2n) is 9.45. The van der Waals surface area contributed by atoms with E-state index < -0.39 is 0 Å². The fraction of sp³-hybridized carbons (Fsp3) is 0.714.